The Balaban J connectivity index is 1.80. The molecule has 1 aromatic heterocycles. The summed E-state index contributed by atoms with van der Waals surface area (Å²) in [6.07, 6.45) is 5.44. The topological polar surface area (TPSA) is 109 Å². The highest BCUT2D eigenvalue weighted by atomic mass is 79.9. The lowest BCUT2D eigenvalue weighted by Gasteiger charge is -2.10. The van der Waals surface area contributed by atoms with Crippen molar-refractivity contribution in [3.63, 3.8) is 0 Å². The monoisotopic (exact) mass is 429 g/mol. The van der Waals surface area contributed by atoms with Crippen LogP contribution in [0.1, 0.15) is 31.4 Å². The van der Waals surface area contributed by atoms with E-state index in [-0.39, 0.29) is 17.3 Å². The van der Waals surface area contributed by atoms with E-state index in [4.69, 9.17) is 4.42 Å². The fourth-order valence-electron chi connectivity index (χ4n) is 3.02. The second kappa shape index (κ2) is 8.18. The molecule has 1 saturated carbocycles. The number of carbonyl (C=O) groups excluding carboxylic acids is 1. The van der Waals surface area contributed by atoms with E-state index in [0.717, 1.165) is 25.7 Å². The highest BCUT2D eigenvalue weighted by Gasteiger charge is 2.20. The van der Waals surface area contributed by atoms with Crippen LogP contribution in [0.4, 0.5) is 5.69 Å². The summed E-state index contributed by atoms with van der Waals surface area (Å²) in [5.41, 5.74) is 0.576. The van der Waals surface area contributed by atoms with Crippen LogP contribution in [0.3, 0.4) is 0 Å². The van der Waals surface area contributed by atoms with Crippen LogP contribution in [0, 0.1) is 21.4 Å². The number of hydrogen-bond acceptors (Lipinski definition) is 5. The SMILES string of the molecule is N#C/C(=C\c1ccc(-c2ccc([N+](=O)[O-])cc2Br)o1)C(=O)NC1CCCC1. The molecule has 1 aliphatic carbocycles. The lowest BCUT2D eigenvalue weighted by Crippen LogP contribution is -2.33. The average Bonchev–Trinajstić information content (AvgIpc) is 3.31. The molecule has 3 rings (SSSR count). The van der Waals surface area contributed by atoms with Gasteiger partial charge in [0.15, 0.2) is 0 Å². The molecule has 0 atom stereocenters. The minimum Gasteiger partial charge on any atom is -0.457 e. The number of halogens is 1. The molecule has 0 radical (unpaired) electrons. The molecular weight excluding hydrogens is 414 g/mol. The van der Waals surface area contributed by atoms with E-state index < -0.39 is 10.8 Å². The number of hydrogen-bond donors (Lipinski definition) is 1. The van der Waals surface area contributed by atoms with Gasteiger partial charge in [0, 0.05) is 34.3 Å². The van der Waals surface area contributed by atoms with E-state index >= 15 is 0 Å². The maximum atomic E-state index is 12.3. The Bertz CT molecular complexity index is 952. The molecule has 1 N–H and O–H groups in total. The number of nitro groups is 1. The van der Waals surface area contributed by atoms with Gasteiger partial charge in [0.2, 0.25) is 0 Å². The number of nitrogens with one attached hydrogen (secondary N) is 1. The number of benzene rings is 1. The molecule has 1 amide bonds. The highest BCUT2D eigenvalue weighted by molar-refractivity contribution is 9.10. The maximum Gasteiger partial charge on any atom is 0.270 e. The third-order valence-electron chi connectivity index (χ3n) is 4.40. The molecule has 2 aromatic rings. The van der Waals surface area contributed by atoms with E-state index in [0.29, 0.717) is 21.6 Å². The van der Waals surface area contributed by atoms with Gasteiger partial charge >= 0.3 is 0 Å². The van der Waals surface area contributed by atoms with Crippen molar-refractivity contribution >= 4 is 33.6 Å². The lowest BCUT2D eigenvalue weighted by molar-refractivity contribution is -0.384. The Morgan fingerprint density at radius 3 is 2.70 bits per heavy atom. The predicted molar refractivity (Wildman–Crippen MR) is 102 cm³/mol. The van der Waals surface area contributed by atoms with Crippen molar-refractivity contribution in [2.45, 2.75) is 31.7 Å². The normalized spacial score (nSPS) is 14.7. The maximum absolute atomic E-state index is 12.3. The first kappa shape index (κ1) is 18.9. The number of furan rings is 1. The van der Waals surface area contributed by atoms with Crippen molar-refractivity contribution < 1.29 is 14.1 Å². The number of amides is 1. The van der Waals surface area contributed by atoms with Crippen LogP contribution in [-0.4, -0.2) is 16.9 Å². The zero-order valence-electron chi connectivity index (χ0n) is 14.3. The van der Waals surface area contributed by atoms with Crippen LogP contribution in [0.15, 0.2) is 44.8 Å². The first-order chi connectivity index (χ1) is 13.0. The second-order valence-electron chi connectivity index (χ2n) is 6.25. The molecular formula is C19H16BrN3O4. The molecule has 1 heterocycles. The van der Waals surface area contributed by atoms with Crippen molar-refractivity contribution in [3.8, 4) is 17.4 Å². The lowest BCUT2D eigenvalue weighted by atomic mass is 10.1. The summed E-state index contributed by atoms with van der Waals surface area (Å²) in [7, 11) is 0. The molecule has 0 aliphatic heterocycles. The Morgan fingerprint density at radius 2 is 2.07 bits per heavy atom. The third-order valence-corrected chi connectivity index (χ3v) is 5.05. The second-order valence-corrected chi connectivity index (χ2v) is 7.10. The molecule has 1 aromatic carbocycles. The largest absolute Gasteiger partial charge is 0.457 e. The average molecular weight is 430 g/mol. The molecule has 0 unspecified atom stereocenters. The number of carbonyl (C=O) groups is 1. The predicted octanol–water partition coefficient (Wildman–Crippen LogP) is 4.58. The van der Waals surface area contributed by atoms with Crippen LogP contribution < -0.4 is 5.32 Å². The molecule has 8 heteroatoms. The van der Waals surface area contributed by atoms with E-state index in [1.54, 1.807) is 18.2 Å². The van der Waals surface area contributed by atoms with Gasteiger partial charge in [-0.3, -0.25) is 14.9 Å². The quantitative estimate of drug-likeness (QED) is 0.323. The van der Waals surface area contributed by atoms with Crippen LogP contribution >= 0.6 is 15.9 Å². The van der Waals surface area contributed by atoms with Crippen LogP contribution in [-0.2, 0) is 4.79 Å². The molecule has 0 spiro atoms. The fourth-order valence-corrected chi connectivity index (χ4v) is 3.58. The van der Waals surface area contributed by atoms with Crippen molar-refractivity contribution in [1.82, 2.24) is 5.32 Å². The summed E-state index contributed by atoms with van der Waals surface area (Å²) in [6, 6.07) is 9.71. The fraction of sp³-hybridized carbons (Fsp3) is 0.263. The van der Waals surface area contributed by atoms with Crippen molar-refractivity contribution in [2.75, 3.05) is 0 Å². The molecule has 1 fully saturated rings. The zero-order chi connectivity index (χ0) is 19.4. The summed E-state index contributed by atoms with van der Waals surface area (Å²) in [4.78, 5) is 22.6. The van der Waals surface area contributed by atoms with Gasteiger partial charge in [-0.1, -0.05) is 12.8 Å². The first-order valence-electron chi connectivity index (χ1n) is 8.44. The van der Waals surface area contributed by atoms with Crippen LogP contribution in [0.5, 0.6) is 0 Å². The van der Waals surface area contributed by atoms with Gasteiger partial charge in [-0.25, -0.2) is 0 Å². The highest BCUT2D eigenvalue weighted by Crippen LogP contribution is 2.33. The van der Waals surface area contributed by atoms with E-state index in [1.165, 1.54) is 18.2 Å². The minimum absolute atomic E-state index is 0.0226. The van der Waals surface area contributed by atoms with Gasteiger partial charge in [0.25, 0.3) is 11.6 Å². The number of nitro benzene ring substituents is 1. The summed E-state index contributed by atoms with van der Waals surface area (Å²) >= 11 is 3.30. The zero-order valence-corrected chi connectivity index (χ0v) is 15.9. The summed E-state index contributed by atoms with van der Waals surface area (Å²) in [5, 5.41) is 23.0. The van der Waals surface area contributed by atoms with Gasteiger partial charge in [0.05, 0.1) is 4.92 Å². The molecule has 138 valence electrons. The smallest absolute Gasteiger partial charge is 0.270 e. The molecule has 27 heavy (non-hydrogen) atoms. The van der Waals surface area contributed by atoms with Crippen molar-refractivity contribution in [3.05, 3.63) is 56.3 Å². The molecule has 7 nitrogen and oxygen atoms in total. The molecule has 1 aliphatic rings. The van der Waals surface area contributed by atoms with Gasteiger partial charge in [-0.15, -0.1) is 0 Å². The van der Waals surface area contributed by atoms with Gasteiger partial charge in [0.1, 0.15) is 23.2 Å². The number of non-ortho nitro benzene ring substituents is 1. The van der Waals surface area contributed by atoms with Gasteiger partial charge in [-0.05, 0) is 47.0 Å². The van der Waals surface area contributed by atoms with Gasteiger partial charge in [-0.2, -0.15) is 5.26 Å². The number of nitrogens with zero attached hydrogens (tertiary/aromatic N) is 2. The number of rotatable bonds is 5. The molecule has 0 bridgehead atoms. The van der Waals surface area contributed by atoms with Crippen molar-refractivity contribution in [2.24, 2.45) is 0 Å². The van der Waals surface area contributed by atoms with Crippen molar-refractivity contribution in [1.29, 1.82) is 5.26 Å². The standard InChI is InChI=1S/C19H16BrN3O4/c20-17-10-14(23(25)26)5-7-16(17)18-8-6-15(27-18)9-12(11-21)19(24)22-13-3-1-2-4-13/h5-10,13H,1-4H2,(H,22,24)/b12-9+. The van der Waals surface area contributed by atoms with E-state index in [1.807, 2.05) is 6.07 Å². The minimum atomic E-state index is -0.479. The Morgan fingerprint density at radius 1 is 1.33 bits per heavy atom. The summed E-state index contributed by atoms with van der Waals surface area (Å²) in [5.74, 6) is 0.420. The Kier molecular flexibility index (Phi) is 5.72. The summed E-state index contributed by atoms with van der Waals surface area (Å²) < 4.78 is 6.21. The Hall–Kier alpha value is -2.92. The Labute approximate surface area is 163 Å². The molecule has 0 saturated heterocycles. The van der Waals surface area contributed by atoms with E-state index in [9.17, 15) is 20.2 Å². The summed E-state index contributed by atoms with van der Waals surface area (Å²) in [6.45, 7) is 0. The number of nitriles is 1. The van der Waals surface area contributed by atoms with Crippen LogP contribution in [0.25, 0.3) is 17.4 Å². The third kappa shape index (κ3) is 4.44. The van der Waals surface area contributed by atoms with Crippen LogP contribution in [0.2, 0.25) is 0 Å². The van der Waals surface area contributed by atoms with Gasteiger partial charge < -0.3 is 9.73 Å². The first-order valence-corrected chi connectivity index (χ1v) is 9.24. The van der Waals surface area contributed by atoms with E-state index in [2.05, 4.69) is 21.2 Å².